The Bertz CT molecular complexity index is 735. The number of halogens is 1. The molecular weight excluding hydrogens is 282 g/mol. The molecule has 0 atom stereocenters. The van der Waals surface area contributed by atoms with E-state index in [2.05, 4.69) is 20.4 Å². The number of aromatic nitrogens is 4. The normalized spacial score (nSPS) is 10.4. The minimum absolute atomic E-state index is 0.0216. The highest BCUT2D eigenvalue weighted by Crippen LogP contribution is 2.21. The largest absolute Gasteiger partial charge is 0.491 e. The summed E-state index contributed by atoms with van der Waals surface area (Å²) in [6.07, 6.45) is 0. The van der Waals surface area contributed by atoms with Crippen LogP contribution in [0, 0.1) is 0 Å². The molecule has 0 aliphatic rings. The number of hydrogen-bond acceptors (Lipinski definition) is 5. The third kappa shape index (κ3) is 3.22. The fourth-order valence-corrected chi connectivity index (χ4v) is 1.93. The summed E-state index contributed by atoms with van der Waals surface area (Å²) in [6.45, 7) is -0.511. The minimum atomic E-state index is -0.532. The topological polar surface area (TPSA) is 60.8 Å². The number of rotatable bonds is 5. The second kappa shape index (κ2) is 6.71. The van der Waals surface area contributed by atoms with Crippen molar-refractivity contribution in [1.29, 1.82) is 0 Å². The Balaban J connectivity index is 1.84. The number of ether oxygens (including phenoxy) is 1. The summed E-state index contributed by atoms with van der Waals surface area (Å²) in [6, 6.07) is 16.6. The molecule has 6 heteroatoms. The first kappa shape index (κ1) is 14.1. The second-order valence-corrected chi connectivity index (χ2v) is 4.48. The number of hydrogen-bond donors (Lipinski definition) is 0. The molecule has 3 aromatic rings. The van der Waals surface area contributed by atoms with Crippen molar-refractivity contribution in [2.24, 2.45) is 0 Å². The second-order valence-electron chi connectivity index (χ2n) is 4.48. The van der Waals surface area contributed by atoms with Gasteiger partial charge in [-0.05, 0) is 12.1 Å². The molecule has 0 saturated heterocycles. The molecule has 0 spiro atoms. The molecule has 0 saturated carbocycles. The molecule has 0 fully saturated rings. The van der Waals surface area contributed by atoms with Crippen LogP contribution < -0.4 is 4.74 Å². The van der Waals surface area contributed by atoms with E-state index >= 15 is 0 Å². The van der Waals surface area contributed by atoms with Crippen LogP contribution >= 0.6 is 0 Å². The van der Waals surface area contributed by atoms with Gasteiger partial charge in [-0.3, -0.25) is 0 Å². The van der Waals surface area contributed by atoms with Gasteiger partial charge in [0.1, 0.15) is 19.0 Å². The van der Waals surface area contributed by atoms with E-state index in [1.54, 1.807) is 18.2 Å². The Labute approximate surface area is 126 Å². The molecule has 0 unspecified atom stereocenters. The van der Waals surface area contributed by atoms with Crippen molar-refractivity contribution in [3.63, 3.8) is 0 Å². The molecule has 0 aliphatic heterocycles. The molecule has 22 heavy (non-hydrogen) atoms. The maximum absolute atomic E-state index is 12.1. The van der Waals surface area contributed by atoms with Crippen molar-refractivity contribution in [3.05, 3.63) is 54.6 Å². The van der Waals surface area contributed by atoms with Gasteiger partial charge in [-0.15, -0.1) is 20.4 Å². The zero-order valence-electron chi connectivity index (χ0n) is 11.7. The van der Waals surface area contributed by atoms with Gasteiger partial charge >= 0.3 is 0 Å². The van der Waals surface area contributed by atoms with Crippen LogP contribution in [0.2, 0.25) is 0 Å². The highest BCUT2D eigenvalue weighted by molar-refractivity contribution is 5.58. The van der Waals surface area contributed by atoms with Crippen LogP contribution in [0.1, 0.15) is 0 Å². The lowest BCUT2D eigenvalue weighted by Crippen LogP contribution is -2.01. The molecule has 110 valence electrons. The van der Waals surface area contributed by atoms with E-state index in [1.807, 2.05) is 36.4 Å². The van der Waals surface area contributed by atoms with E-state index in [9.17, 15) is 4.39 Å². The van der Waals surface area contributed by atoms with E-state index in [4.69, 9.17) is 4.74 Å². The van der Waals surface area contributed by atoms with Gasteiger partial charge in [0.15, 0.2) is 0 Å². The van der Waals surface area contributed by atoms with Crippen LogP contribution in [0.15, 0.2) is 54.6 Å². The number of benzene rings is 2. The fraction of sp³-hybridized carbons (Fsp3) is 0.125. The lowest BCUT2D eigenvalue weighted by molar-refractivity contribution is 0.273. The lowest BCUT2D eigenvalue weighted by atomic mass is 10.2. The highest BCUT2D eigenvalue weighted by atomic mass is 18.2. The van der Waals surface area contributed by atoms with Gasteiger partial charge in [0.05, 0.1) is 0 Å². The predicted octanol–water partition coefficient (Wildman–Crippen LogP) is 2.95. The smallest absolute Gasteiger partial charge is 0.203 e. The Kier molecular flexibility index (Phi) is 4.29. The van der Waals surface area contributed by atoms with E-state index in [0.717, 1.165) is 11.1 Å². The zero-order chi connectivity index (χ0) is 15.2. The molecule has 1 aromatic heterocycles. The van der Waals surface area contributed by atoms with Crippen LogP contribution in [0.4, 0.5) is 4.39 Å². The Morgan fingerprint density at radius 1 is 0.773 bits per heavy atom. The molecule has 0 radical (unpaired) electrons. The van der Waals surface area contributed by atoms with Gasteiger partial charge in [0.2, 0.25) is 11.6 Å². The first-order chi connectivity index (χ1) is 10.9. The van der Waals surface area contributed by atoms with Crippen molar-refractivity contribution in [3.8, 4) is 28.5 Å². The van der Waals surface area contributed by atoms with Crippen molar-refractivity contribution in [2.45, 2.75) is 0 Å². The average molecular weight is 295 g/mol. The van der Waals surface area contributed by atoms with Crippen LogP contribution in [0.5, 0.6) is 5.75 Å². The first-order valence-electron chi connectivity index (χ1n) is 6.79. The van der Waals surface area contributed by atoms with Crippen LogP contribution in [0.25, 0.3) is 22.8 Å². The lowest BCUT2D eigenvalue weighted by Gasteiger charge is -2.05. The van der Waals surface area contributed by atoms with Gasteiger partial charge in [-0.25, -0.2) is 4.39 Å². The maximum Gasteiger partial charge on any atom is 0.203 e. The quantitative estimate of drug-likeness (QED) is 0.724. The van der Waals surface area contributed by atoms with E-state index in [1.165, 1.54) is 0 Å². The molecule has 0 aliphatic carbocycles. The van der Waals surface area contributed by atoms with Gasteiger partial charge in [0.25, 0.3) is 0 Å². The standard InChI is InChI=1S/C16H13FN4O/c17-9-10-22-14-8-4-7-13(11-14)16-20-18-15(19-21-16)12-5-2-1-3-6-12/h1-8,11H,9-10H2/i17-1. The highest BCUT2D eigenvalue weighted by Gasteiger charge is 2.07. The van der Waals surface area contributed by atoms with Crippen molar-refractivity contribution >= 4 is 0 Å². The summed E-state index contributed by atoms with van der Waals surface area (Å²) < 4.78 is 17.4. The average Bonchev–Trinajstić information content (AvgIpc) is 2.61. The first-order valence-corrected chi connectivity index (χ1v) is 6.79. The zero-order valence-corrected chi connectivity index (χ0v) is 11.7. The third-order valence-electron chi connectivity index (χ3n) is 2.95. The van der Waals surface area contributed by atoms with Gasteiger partial charge in [-0.2, -0.15) is 0 Å². The maximum atomic E-state index is 12.1. The SMILES string of the molecule is [18F]CCOc1cccc(-c2nnc(-c3ccccc3)nn2)c1. The molecule has 0 N–H and O–H groups in total. The molecule has 2 aromatic carbocycles. The summed E-state index contributed by atoms with van der Waals surface area (Å²) in [5.41, 5.74) is 1.57. The van der Waals surface area contributed by atoms with Gasteiger partial charge in [0, 0.05) is 11.1 Å². The summed E-state index contributed by atoms with van der Waals surface area (Å²) in [5, 5.41) is 16.4. The van der Waals surface area contributed by atoms with E-state index in [0.29, 0.717) is 17.4 Å². The monoisotopic (exact) mass is 295 g/mol. The Hall–Kier alpha value is -2.89. The van der Waals surface area contributed by atoms with Gasteiger partial charge in [-0.1, -0.05) is 42.5 Å². The Morgan fingerprint density at radius 3 is 2.09 bits per heavy atom. The third-order valence-corrected chi connectivity index (χ3v) is 2.95. The van der Waals surface area contributed by atoms with E-state index in [-0.39, 0.29) is 6.61 Å². The summed E-state index contributed by atoms with van der Waals surface area (Å²) in [5.74, 6) is 1.42. The van der Waals surface area contributed by atoms with Crippen molar-refractivity contribution in [1.82, 2.24) is 20.4 Å². The molecule has 3 rings (SSSR count). The van der Waals surface area contributed by atoms with Crippen molar-refractivity contribution < 1.29 is 9.13 Å². The number of alkyl halides is 1. The molecular formula is C16H13FN4O. The summed E-state index contributed by atoms with van der Waals surface area (Å²) >= 11 is 0. The Morgan fingerprint density at radius 2 is 1.41 bits per heavy atom. The molecule has 1 heterocycles. The molecule has 0 amide bonds. The number of nitrogens with zero attached hydrogens (tertiary/aromatic N) is 4. The molecule has 5 nitrogen and oxygen atoms in total. The van der Waals surface area contributed by atoms with E-state index < -0.39 is 6.67 Å². The van der Waals surface area contributed by atoms with Crippen molar-refractivity contribution in [2.75, 3.05) is 13.3 Å². The van der Waals surface area contributed by atoms with Gasteiger partial charge < -0.3 is 4.74 Å². The predicted molar refractivity (Wildman–Crippen MR) is 80.0 cm³/mol. The molecule has 0 bridgehead atoms. The van der Waals surface area contributed by atoms with Crippen LogP contribution in [0.3, 0.4) is 0 Å². The van der Waals surface area contributed by atoms with Crippen LogP contribution in [-0.2, 0) is 0 Å². The summed E-state index contributed by atoms with van der Waals surface area (Å²) in [4.78, 5) is 0. The summed E-state index contributed by atoms with van der Waals surface area (Å²) in [7, 11) is 0. The fourth-order valence-electron chi connectivity index (χ4n) is 1.93. The minimum Gasteiger partial charge on any atom is -0.491 e. The van der Waals surface area contributed by atoms with Crippen LogP contribution in [-0.4, -0.2) is 33.7 Å².